The highest BCUT2D eigenvalue weighted by Gasteiger charge is 2.40. The van der Waals surface area contributed by atoms with Crippen LogP contribution in [0, 0.1) is 18.3 Å². The van der Waals surface area contributed by atoms with E-state index in [-0.39, 0.29) is 12.5 Å². The van der Waals surface area contributed by atoms with Gasteiger partial charge in [-0.15, -0.1) is 6.42 Å². The van der Waals surface area contributed by atoms with Crippen molar-refractivity contribution in [2.24, 2.45) is 5.92 Å². The highest BCUT2D eigenvalue weighted by Crippen LogP contribution is 2.36. The predicted molar refractivity (Wildman–Crippen MR) is 33.6 cm³/mol. The van der Waals surface area contributed by atoms with Gasteiger partial charge < -0.3 is 10.2 Å². The normalized spacial score (nSPS) is 41.2. The van der Waals surface area contributed by atoms with E-state index in [0.717, 1.165) is 0 Å². The topological polar surface area (TPSA) is 40.5 Å². The van der Waals surface area contributed by atoms with Gasteiger partial charge in [0.25, 0.3) is 0 Å². The SMILES string of the molecule is C#C[C@]1(O)C[C@H](CO)C1. The summed E-state index contributed by atoms with van der Waals surface area (Å²) in [6.45, 7) is 0.143. The van der Waals surface area contributed by atoms with Crippen LogP contribution in [-0.4, -0.2) is 22.4 Å². The lowest BCUT2D eigenvalue weighted by Crippen LogP contribution is -2.43. The number of terminal acetylenes is 1. The van der Waals surface area contributed by atoms with Crippen molar-refractivity contribution in [3.05, 3.63) is 0 Å². The highest BCUT2D eigenvalue weighted by molar-refractivity contribution is 5.14. The van der Waals surface area contributed by atoms with Crippen LogP contribution in [0.4, 0.5) is 0 Å². The molecule has 1 fully saturated rings. The van der Waals surface area contributed by atoms with Gasteiger partial charge in [0, 0.05) is 6.61 Å². The predicted octanol–water partition coefficient (Wildman–Crippen LogP) is -0.247. The second-order valence-corrected chi connectivity index (χ2v) is 2.63. The average Bonchev–Trinajstić information content (AvgIpc) is 1.81. The second-order valence-electron chi connectivity index (χ2n) is 2.63. The number of aliphatic hydroxyl groups excluding tert-OH is 1. The van der Waals surface area contributed by atoms with Gasteiger partial charge in [0.15, 0.2) is 0 Å². The lowest BCUT2D eigenvalue weighted by Gasteiger charge is -2.38. The smallest absolute Gasteiger partial charge is 0.125 e. The van der Waals surface area contributed by atoms with Gasteiger partial charge in [-0.3, -0.25) is 0 Å². The van der Waals surface area contributed by atoms with Crippen molar-refractivity contribution < 1.29 is 10.2 Å². The van der Waals surface area contributed by atoms with E-state index in [9.17, 15) is 5.11 Å². The van der Waals surface area contributed by atoms with Crippen LogP contribution in [0.15, 0.2) is 0 Å². The Morgan fingerprint density at radius 3 is 2.56 bits per heavy atom. The molecule has 0 radical (unpaired) electrons. The Balaban J connectivity index is 2.35. The number of aliphatic hydroxyl groups is 2. The molecule has 1 rings (SSSR count). The first-order chi connectivity index (χ1) is 4.20. The van der Waals surface area contributed by atoms with Crippen LogP contribution in [0.2, 0.25) is 0 Å². The maximum atomic E-state index is 9.17. The van der Waals surface area contributed by atoms with E-state index in [1.165, 1.54) is 0 Å². The minimum absolute atomic E-state index is 0.143. The molecule has 0 bridgehead atoms. The van der Waals surface area contributed by atoms with Crippen LogP contribution < -0.4 is 0 Å². The largest absolute Gasteiger partial charge is 0.396 e. The molecule has 2 N–H and O–H groups in total. The molecule has 50 valence electrons. The summed E-state index contributed by atoms with van der Waals surface area (Å²) in [7, 11) is 0. The molecule has 0 unspecified atom stereocenters. The van der Waals surface area contributed by atoms with E-state index in [2.05, 4.69) is 5.92 Å². The second kappa shape index (κ2) is 2.02. The molecule has 2 nitrogen and oxygen atoms in total. The molecular weight excluding hydrogens is 116 g/mol. The van der Waals surface area contributed by atoms with Crippen molar-refractivity contribution >= 4 is 0 Å². The summed E-state index contributed by atoms with van der Waals surface area (Å²) < 4.78 is 0. The molecule has 0 saturated heterocycles. The Labute approximate surface area is 54.5 Å². The van der Waals surface area contributed by atoms with Crippen molar-refractivity contribution in [2.75, 3.05) is 6.61 Å². The van der Waals surface area contributed by atoms with E-state index in [1.54, 1.807) is 0 Å². The van der Waals surface area contributed by atoms with Gasteiger partial charge in [-0.2, -0.15) is 0 Å². The molecule has 0 amide bonds. The molecule has 0 aromatic rings. The summed E-state index contributed by atoms with van der Waals surface area (Å²) in [6, 6.07) is 0. The Morgan fingerprint density at radius 2 is 2.22 bits per heavy atom. The van der Waals surface area contributed by atoms with Gasteiger partial charge in [0.1, 0.15) is 5.60 Å². The van der Waals surface area contributed by atoms with Crippen LogP contribution in [0.1, 0.15) is 12.8 Å². The van der Waals surface area contributed by atoms with Crippen molar-refractivity contribution in [2.45, 2.75) is 18.4 Å². The van der Waals surface area contributed by atoms with Gasteiger partial charge in [-0.05, 0) is 18.8 Å². The Hall–Kier alpha value is -0.520. The molecule has 0 heterocycles. The fourth-order valence-electron chi connectivity index (χ4n) is 1.14. The van der Waals surface area contributed by atoms with Crippen LogP contribution in [0.3, 0.4) is 0 Å². The van der Waals surface area contributed by atoms with Crippen molar-refractivity contribution in [1.29, 1.82) is 0 Å². The van der Waals surface area contributed by atoms with Gasteiger partial charge >= 0.3 is 0 Å². The van der Waals surface area contributed by atoms with Gasteiger partial charge in [-0.1, -0.05) is 5.92 Å². The summed E-state index contributed by atoms with van der Waals surface area (Å²) in [6.07, 6.45) is 6.11. The van der Waals surface area contributed by atoms with E-state index in [1.807, 2.05) is 0 Å². The molecule has 0 atom stereocenters. The van der Waals surface area contributed by atoms with E-state index >= 15 is 0 Å². The first-order valence-electron chi connectivity index (χ1n) is 3.01. The van der Waals surface area contributed by atoms with Crippen molar-refractivity contribution in [3.63, 3.8) is 0 Å². The fraction of sp³-hybridized carbons (Fsp3) is 0.714. The molecule has 0 aromatic heterocycles. The number of hydrogen-bond acceptors (Lipinski definition) is 2. The maximum absolute atomic E-state index is 9.17. The summed E-state index contributed by atoms with van der Waals surface area (Å²) in [5.41, 5.74) is -0.895. The highest BCUT2D eigenvalue weighted by atomic mass is 16.3. The molecule has 0 aromatic carbocycles. The van der Waals surface area contributed by atoms with Crippen LogP contribution >= 0.6 is 0 Å². The van der Waals surface area contributed by atoms with Crippen molar-refractivity contribution in [1.82, 2.24) is 0 Å². The molecule has 0 spiro atoms. The molecule has 1 aliphatic rings. The first kappa shape index (κ1) is 6.60. The zero-order chi connectivity index (χ0) is 6.91. The lowest BCUT2D eigenvalue weighted by atomic mass is 9.72. The molecule has 9 heavy (non-hydrogen) atoms. The Morgan fingerprint density at radius 1 is 1.67 bits per heavy atom. The third-order valence-electron chi connectivity index (χ3n) is 1.78. The number of rotatable bonds is 1. The minimum atomic E-state index is -0.895. The maximum Gasteiger partial charge on any atom is 0.125 e. The summed E-state index contributed by atoms with van der Waals surface area (Å²) >= 11 is 0. The summed E-state index contributed by atoms with van der Waals surface area (Å²) in [5, 5.41) is 17.7. The summed E-state index contributed by atoms with van der Waals surface area (Å²) in [4.78, 5) is 0. The van der Waals surface area contributed by atoms with Crippen LogP contribution in [0.5, 0.6) is 0 Å². The number of hydrogen-bond donors (Lipinski definition) is 2. The average molecular weight is 126 g/mol. The molecule has 2 heteroatoms. The van der Waals surface area contributed by atoms with Gasteiger partial charge in [-0.25, -0.2) is 0 Å². The molecule has 1 aliphatic carbocycles. The lowest BCUT2D eigenvalue weighted by molar-refractivity contribution is -0.0408. The monoisotopic (exact) mass is 126 g/mol. The van der Waals surface area contributed by atoms with E-state index in [4.69, 9.17) is 11.5 Å². The van der Waals surface area contributed by atoms with E-state index < -0.39 is 5.60 Å². The van der Waals surface area contributed by atoms with Gasteiger partial charge in [0.05, 0.1) is 0 Å². The van der Waals surface area contributed by atoms with Crippen LogP contribution in [0.25, 0.3) is 0 Å². The van der Waals surface area contributed by atoms with E-state index in [0.29, 0.717) is 12.8 Å². The fourth-order valence-corrected chi connectivity index (χ4v) is 1.14. The molecular formula is C7H10O2. The molecule has 1 saturated carbocycles. The quantitative estimate of drug-likeness (QED) is 0.476. The Kier molecular flexibility index (Phi) is 1.48. The third kappa shape index (κ3) is 1.07. The Bertz CT molecular complexity index is 139. The third-order valence-corrected chi connectivity index (χ3v) is 1.78. The molecule has 0 aliphatic heterocycles. The van der Waals surface area contributed by atoms with Crippen molar-refractivity contribution in [3.8, 4) is 12.3 Å². The van der Waals surface area contributed by atoms with Crippen LogP contribution in [-0.2, 0) is 0 Å². The zero-order valence-corrected chi connectivity index (χ0v) is 5.17. The zero-order valence-electron chi connectivity index (χ0n) is 5.17. The minimum Gasteiger partial charge on any atom is -0.396 e. The summed E-state index contributed by atoms with van der Waals surface area (Å²) in [5.74, 6) is 2.51. The standard InChI is InChI=1S/C7H10O2/c1-2-7(9)3-6(4-7)5-8/h1,6,8-9H,3-5H2/t6-,7-. The van der Waals surface area contributed by atoms with Gasteiger partial charge in [0.2, 0.25) is 0 Å². The first-order valence-corrected chi connectivity index (χ1v) is 3.01.